The van der Waals surface area contributed by atoms with Crippen LogP contribution in [0.1, 0.15) is 22.9 Å². The van der Waals surface area contributed by atoms with Gasteiger partial charge >= 0.3 is 6.18 Å². The molecule has 0 saturated heterocycles. The minimum atomic E-state index is -4.56. The number of aromatic nitrogens is 2. The molecular weight excluding hydrogens is 431 g/mol. The maximum absolute atomic E-state index is 12.9. The highest BCUT2D eigenvalue weighted by Crippen LogP contribution is 2.37. The lowest BCUT2D eigenvalue weighted by molar-refractivity contribution is -0.385. The molecule has 1 heterocycles. The summed E-state index contributed by atoms with van der Waals surface area (Å²) in [6, 6.07) is 9.81. The highest BCUT2D eigenvalue weighted by Gasteiger charge is 2.34. The van der Waals surface area contributed by atoms with Gasteiger partial charge in [-0.1, -0.05) is 24.3 Å². The Morgan fingerprint density at radius 3 is 2.22 bits per heavy atom. The third kappa shape index (κ3) is 4.67. The van der Waals surface area contributed by atoms with E-state index in [1.807, 2.05) is 0 Å². The first-order valence-corrected chi connectivity index (χ1v) is 9.34. The Hall–Kier alpha value is -3.60. The van der Waals surface area contributed by atoms with Crippen LogP contribution in [0.4, 0.5) is 18.9 Å². The van der Waals surface area contributed by atoms with Crippen LogP contribution in [-0.4, -0.2) is 34.0 Å². The summed E-state index contributed by atoms with van der Waals surface area (Å²) in [6.07, 6.45) is -5.74. The molecule has 0 fully saturated rings. The highest BCUT2D eigenvalue weighted by molar-refractivity contribution is 5.61. The Labute approximate surface area is 181 Å². The van der Waals surface area contributed by atoms with Gasteiger partial charge in [-0.3, -0.25) is 14.8 Å². The number of nitro groups is 1. The smallest absolute Gasteiger partial charge is 0.435 e. The number of hydrogen-bond donors (Lipinski definition) is 1. The average Bonchev–Trinajstić information content (AvgIpc) is 3.15. The van der Waals surface area contributed by atoms with E-state index in [1.165, 1.54) is 33.4 Å². The van der Waals surface area contributed by atoms with E-state index in [0.29, 0.717) is 11.1 Å². The van der Waals surface area contributed by atoms with Crippen molar-refractivity contribution in [3.05, 3.63) is 69.4 Å². The summed E-state index contributed by atoms with van der Waals surface area (Å²) in [4.78, 5) is 10.9. The molecule has 0 aliphatic carbocycles. The van der Waals surface area contributed by atoms with Crippen molar-refractivity contribution >= 4 is 5.69 Å². The first-order chi connectivity index (χ1) is 15.0. The van der Waals surface area contributed by atoms with Crippen LogP contribution in [0.15, 0.2) is 42.5 Å². The van der Waals surface area contributed by atoms with Gasteiger partial charge in [0, 0.05) is 19.0 Å². The molecule has 0 aliphatic rings. The molecule has 11 heteroatoms. The zero-order chi connectivity index (χ0) is 23.6. The highest BCUT2D eigenvalue weighted by atomic mass is 19.4. The van der Waals surface area contributed by atoms with Crippen molar-refractivity contribution in [2.45, 2.75) is 18.7 Å². The summed E-state index contributed by atoms with van der Waals surface area (Å²) in [5.74, 6) is 0.475. The standard InChI is InChI=1S/C21H20F3N3O5/c1-26-15(11-20(25-26)21(22,23)24)12-4-6-13(7-5-12)17(28)8-14-9-18(31-2)19(32-3)10-16(14)27(29)30/h4-7,9-11,17,28H,8H2,1-3H3. The molecule has 1 N–H and O–H groups in total. The van der Waals surface area contributed by atoms with Gasteiger partial charge in [0.05, 0.1) is 37.0 Å². The minimum absolute atomic E-state index is 0.0834. The Bertz CT molecular complexity index is 1130. The maximum atomic E-state index is 12.9. The van der Waals surface area contributed by atoms with Crippen LogP contribution in [0.3, 0.4) is 0 Å². The molecule has 1 atom stereocenters. The van der Waals surface area contributed by atoms with Crippen LogP contribution in [0.5, 0.6) is 11.5 Å². The van der Waals surface area contributed by atoms with E-state index in [2.05, 4.69) is 5.10 Å². The summed E-state index contributed by atoms with van der Waals surface area (Å²) in [6.45, 7) is 0. The van der Waals surface area contributed by atoms with E-state index in [4.69, 9.17) is 9.47 Å². The molecule has 1 aromatic heterocycles. The number of aliphatic hydroxyl groups excluding tert-OH is 1. The number of hydrogen-bond acceptors (Lipinski definition) is 6. The van der Waals surface area contributed by atoms with Crippen molar-refractivity contribution in [1.29, 1.82) is 0 Å². The van der Waals surface area contributed by atoms with Crippen molar-refractivity contribution in [3.63, 3.8) is 0 Å². The Kier molecular flexibility index (Phi) is 6.40. The summed E-state index contributed by atoms with van der Waals surface area (Å²) >= 11 is 0. The number of ether oxygens (including phenoxy) is 2. The van der Waals surface area contributed by atoms with Gasteiger partial charge in [0.15, 0.2) is 17.2 Å². The van der Waals surface area contributed by atoms with Crippen molar-refractivity contribution < 1.29 is 32.7 Å². The van der Waals surface area contributed by atoms with Gasteiger partial charge in [0.1, 0.15) is 0 Å². The Morgan fingerprint density at radius 1 is 1.12 bits per heavy atom. The van der Waals surface area contributed by atoms with E-state index >= 15 is 0 Å². The summed E-state index contributed by atoms with van der Waals surface area (Å²) < 4.78 is 50.1. The fraction of sp³-hybridized carbons (Fsp3) is 0.286. The third-order valence-corrected chi connectivity index (χ3v) is 4.96. The predicted molar refractivity (Wildman–Crippen MR) is 109 cm³/mol. The number of nitrogens with zero attached hydrogens (tertiary/aromatic N) is 3. The van der Waals surface area contributed by atoms with Crippen molar-refractivity contribution in [3.8, 4) is 22.8 Å². The van der Waals surface area contributed by atoms with Crippen molar-refractivity contribution in [2.24, 2.45) is 7.05 Å². The lowest BCUT2D eigenvalue weighted by atomic mass is 9.98. The largest absolute Gasteiger partial charge is 0.493 e. The van der Waals surface area contributed by atoms with Crippen LogP contribution in [0.25, 0.3) is 11.3 Å². The summed E-state index contributed by atoms with van der Waals surface area (Å²) in [5.41, 5.74) is 0.187. The average molecular weight is 451 g/mol. The molecule has 0 spiro atoms. The lowest BCUT2D eigenvalue weighted by Gasteiger charge is -2.14. The molecule has 3 aromatic rings. The fourth-order valence-corrected chi connectivity index (χ4v) is 3.32. The molecule has 0 amide bonds. The van der Waals surface area contributed by atoms with Crippen molar-refractivity contribution in [1.82, 2.24) is 9.78 Å². The number of alkyl halides is 3. The van der Waals surface area contributed by atoms with Gasteiger partial charge < -0.3 is 14.6 Å². The monoisotopic (exact) mass is 451 g/mol. The second-order valence-electron chi connectivity index (χ2n) is 6.97. The van der Waals surface area contributed by atoms with Crippen LogP contribution < -0.4 is 9.47 Å². The number of benzene rings is 2. The van der Waals surface area contributed by atoms with E-state index in [0.717, 1.165) is 10.7 Å². The molecule has 0 bridgehead atoms. The number of rotatable bonds is 7. The number of methoxy groups -OCH3 is 2. The van der Waals surface area contributed by atoms with Crippen LogP contribution in [0, 0.1) is 10.1 Å². The molecule has 0 saturated carbocycles. The molecule has 0 radical (unpaired) electrons. The van der Waals surface area contributed by atoms with Crippen LogP contribution in [0.2, 0.25) is 0 Å². The topological polar surface area (TPSA) is 99.7 Å². The summed E-state index contributed by atoms with van der Waals surface area (Å²) in [7, 11) is 4.16. The van der Waals surface area contributed by atoms with Crippen LogP contribution >= 0.6 is 0 Å². The van der Waals surface area contributed by atoms with Gasteiger partial charge in [-0.25, -0.2) is 0 Å². The third-order valence-electron chi connectivity index (χ3n) is 4.96. The first-order valence-electron chi connectivity index (χ1n) is 9.34. The zero-order valence-electron chi connectivity index (χ0n) is 17.4. The van der Waals surface area contributed by atoms with E-state index in [1.54, 1.807) is 24.3 Å². The Balaban J connectivity index is 1.87. The first kappa shape index (κ1) is 23.1. The molecule has 32 heavy (non-hydrogen) atoms. The number of nitro benzene ring substituents is 1. The van der Waals surface area contributed by atoms with E-state index in [9.17, 15) is 28.4 Å². The predicted octanol–water partition coefficient (Wildman–Crippen LogP) is 4.31. The minimum Gasteiger partial charge on any atom is -0.493 e. The molecule has 170 valence electrons. The number of aryl methyl sites for hydroxylation is 1. The van der Waals surface area contributed by atoms with Gasteiger partial charge in [-0.2, -0.15) is 18.3 Å². The second kappa shape index (κ2) is 8.87. The quantitative estimate of drug-likeness (QED) is 0.425. The van der Waals surface area contributed by atoms with Crippen molar-refractivity contribution in [2.75, 3.05) is 14.2 Å². The van der Waals surface area contributed by atoms with Crippen LogP contribution in [-0.2, 0) is 19.6 Å². The second-order valence-corrected chi connectivity index (χ2v) is 6.97. The zero-order valence-corrected chi connectivity index (χ0v) is 17.4. The molecule has 8 nitrogen and oxygen atoms in total. The van der Waals surface area contributed by atoms with E-state index < -0.39 is 22.9 Å². The Morgan fingerprint density at radius 2 is 1.72 bits per heavy atom. The SMILES string of the molecule is COc1cc(CC(O)c2ccc(-c3cc(C(F)(F)F)nn3C)cc2)c([N+](=O)[O-])cc1OC. The van der Waals surface area contributed by atoms with E-state index in [-0.39, 0.29) is 34.9 Å². The maximum Gasteiger partial charge on any atom is 0.435 e. The van der Waals surface area contributed by atoms with Gasteiger partial charge in [-0.15, -0.1) is 0 Å². The molecule has 1 unspecified atom stereocenters. The molecular formula is C21H20F3N3O5. The normalized spacial score (nSPS) is 12.5. The molecule has 3 rings (SSSR count). The molecule has 2 aromatic carbocycles. The molecule has 0 aliphatic heterocycles. The fourth-order valence-electron chi connectivity index (χ4n) is 3.32. The summed E-state index contributed by atoms with van der Waals surface area (Å²) in [5, 5.41) is 25.6. The number of aliphatic hydroxyl groups is 1. The van der Waals surface area contributed by atoms with Gasteiger partial charge in [0.25, 0.3) is 5.69 Å². The van der Waals surface area contributed by atoms with Gasteiger partial charge in [0.2, 0.25) is 0 Å². The van der Waals surface area contributed by atoms with Gasteiger partial charge in [-0.05, 0) is 23.3 Å². The lowest BCUT2D eigenvalue weighted by Crippen LogP contribution is -2.06. The number of halogens is 3.